The summed E-state index contributed by atoms with van der Waals surface area (Å²) in [7, 11) is 1.46. The van der Waals surface area contributed by atoms with E-state index in [9.17, 15) is 4.79 Å². The molecule has 0 spiro atoms. The van der Waals surface area contributed by atoms with Gasteiger partial charge in [0.25, 0.3) is 0 Å². The Morgan fingerprint density at radius 3 is 2.75 bits per heavy atom. The number of aromatic nitrogens is 3. The lowest BCUT2D eigenvalue weighted by Crippen LogP contribution is -2.36. The van der Waals surface area contributed by atoms with E-state index in [1.807, 2.05) is 4.90 Å². The lowest BCUT2D eigenvalue weighted by molar-refractivity contribution is -0.131. The van der Waals surface area contributed by atoms with Crippen molar-refractivity contribution in [1.82, 2.24) is 19.9 Å². The van der Waals surface area contributed by atoms with Gasteiger partial charge in [0.05, 0.1) is 7.11 Å². The lowest BCUT2D eigenvalue weighted by atomic mass is 10.1. The Morgan fingerprint density at radius 2 is 2.05 bits per heavy atom. The number of hydrogen-bond donors (Lipinski definition) is 2. The summed E-state index contributed by atoms with van der Waals surface area (Å²) >= 11 is 0. The molecule has 8 heteroatoms. The van der Waals surface area contributed by atoms with Crippen LogP contribution < -0.4 is 15.8 Å². The van der Waals surface area contributed by atoms with Crippen LogP contribution in [0.15, 0.2) is 0 Å². The van der Waals surface area contributed by atoms with Gasteiger partial charge in [-0.05, 0) is 19.3 Å². The van der Waals surface area contributed by atoms with Crippen molar-refractivity contribution in [3.8, 4) is 6.01 Å². The summed E-state index contributed by atoms with van der Waals surface area (Å²) in [6.07, 6.45) is 3.82. The first-order chi connectivity index (χ1) is 9.69. The number of nitrogens with zero attached hydrogens (tertiary/aromatic N) is 4. The zero-order valence-corrected chi connectivity index (χ0v) is 11.6. The third-order valence-corrected chi connectivity index (χ3v) is 3.15. The molecule has 2 heterocycles. The van der Waals surface area contributed by atoms with Crippen molar-refractivity contribution in [1.29, 1.82) is 0 Å². The number of carbonyl (C=O) groups excluding carboxylic acids is 1. The van der Waals surface area contributed by atoms with Crippen molar-refractivity contribution >= 4 is 17.8 Å². The largest absolute Gasteiger partial charge is 0.467 e. The highest BCUT2D eigenvalue weighted by molar-refractivity contribution is 5.76. The van der Waals surface area contributed by atoms with Crippen molar-refractivity contribution in [3.05, 3.63) is 0 Å². The number of anilines is 2. The smallest absolute Gasteiger partial charge is 0.322 e. The van der Waals surface area contributed by atoms with Crippen LogP contribution in [0, 0.1) is 0 Å². The van der Waals surface area contributed by atoms with Gasteiger partial charge in [0.15, 0.2) is 0 Å². The molecule has 1 fully saturated rings. The Morgan fingerprint density at radius 1 is 1.30 bits per heavy atom. The molecule has 0 aromatic carbocycles. The molecule has 110 valence electrons. The van der Waals surface area contributed by atoms with Crippen LogP contribution in [-0.4, -0.2) is 52.5 Å². The summed E-state index contributed by atoms with van der Waals surface area (Å²) in [5.74, 6) is 0.564. The van der Waals surface area contributed by atoms with Gasteiger partial charge in [0, 0.05) is 26.1 Å². The molecule has 20 heavy (non-hydrogen) atoms. The first-order valence-electron chi connectivity index (χ1n) is 6.76. The number of piperidine rings is 1. The Labute approximate surface area is 117 Å². The summed E-state index contributed by atoms with van der Waals surface area (Å²) in [6.45, 7) is 2.19. The second kappa shape index (κ2) is 6.88. The number of nitrogen functional groups attached to an aromatic ring is 1. The predicted molar refractivity (Wildman–Crippen MR) is 74.3 cm³/mol. The number of carbonyl (C=O) groups is 1. The molecule has 0 aliphatic carbocycles. The van der Waals surface area contributed by atoms with E-state index < -0.39 is 0 Å². The van der Waals surface area contributed by atoms with E-state index in [4.69, 9.17) is 10.5 Å². The highest BCUT2D eigenvalue weighted by Crippen LogP contribution is 2.11. The lowest BCUT2D eigenvalue weighted by Gasteiger charge is -2.26. The summed E-state index contributed by atoms with van der Waals surface area (Å²) in [4.78, 5) is 25.6. The molecule has 8 nitrogen and oxygen atoms in total. The van der Waals surface area contributed by atoms with Crippen molar-refractivity contribution in [2.75, 3.05) is 37.8 Å². The molecule has 2 rings (SSSR count). The first kappa shape index (κ1) is 14.3. The van der Waals surface area contributed by atoms with Gasteiger partial charge in [-0.3, -0.25) is 4.79 Å². The molecule has 1 aliphatic rings. The quantitative estimate of drug-likeness (QED) is 0.797. The molecule has 1 aromatic rings. The first-order valence-corrected chi connectivity index (χ1v) is 6.76. The van der Waals surface area contributed by atoms with E-state index in [2.05, 4.69) is 20.3 Å². The van der Waals surface area contributed by atoms with E-state index in [-0.39, 0.29) is 17.9 Å². The highest BCUT2D eigenvalue weighted by atomic mass is 16.5. The zero-order valence-electron chi connectivity index (χ0n) is 11.6. The molecule has 0 bridgehead atoms. The Balaban J connectivity index is 1.80. The van der Waals surface area contributed by atoms with Crippen LogP contribution in [0.4, 0.5) is 11.9 Å². The van der Waals surface area contributed by atoms with Gasteiger partial charge in [0.1, 0.15) is 0 Å². The fourth-order valence-electron chi connectivity index (χ4n) is 2.13. The number of methoxy groups -OCH3 is 1. The van der Waals surface area contributed by atoms with E-state index in [0.717, 1.165) is 25.9 Å². The van der Waals surface area contributed by atoms with Crippen LogP contribution in [0.2, 0.25) is 0 Å². The van der Waals surface area contributed by atoms with E-state index in [1.54, 1.807) is 0 Å². The molecule has 1 saturated heterocycles. The van der Waals surface area contributed by atoms with Crippen LogP contribution in [0.5, 0.6) is 6.01 Å². The third-order valence-electron chi connectivity index (χ3n) is 3.15. The molecule has 3 N–H and O–H groups in total. The van der Waals surface area contributed by atoms with Crippen LogP contribution >= 0.6 is 0 Å². The number of nitrogens with two attached hydrogens (primary N) is 1. The van der Waals surface area contributed by atoms with Crippen molar-refractivity contribution in [2.45, 2.75) is 25.7 Å². The van der Waals surface area contributed by atoms with E-state index in [0.29, 0.717) is 18.9 Å². The molecule has 0 unspecified atom stereocenters. The topological polar surface area (TPSA) is 106 Å². The molecule has 0 radical (unpaired) electrons. The molecular weight excluding hydrogens is 260 g/mol. The predicted octanol–water partition coefficient (Wildman–Crippen LogP) is 0.277. The third kappa shape index (κ3) is 3.94. The van der Waals surface area contributed by atoms with Crippen LogP contribution in [0.3, 0.4) is 0 Å². The van der Waals surface area contributed by atoms with Crippen molar-refractivity contribution < 1.29 is 9.53 Å². The van der Waals surface area contributed by atoms with Crippen LogP contribution in [0.25, 0.3) is 0 Å². The average molecular weight is 280 g/mol. The molecule has 1 aliphatic heterocycles. The standard InChI is InChI=1S/C12H20N6O2/c1-20-12-16-10(13)15-11(17-12)14-6-5-9(19)18-7-3-2-4-8-18/h2-8H2,1H3,(H3,13,14,15,16,17). The maximum Gasteiger partial charge on any atom is 0.322 e. The molecule has 0 atom stereocenters. The van der Waals surface area contributed by atoms with Gasteiger partial charge in [-0.15, -0.1) is 0 Å². The monoisotopic (exact) mass is 280 g/mol. The number of amides is 1. The maximum atomic E-state index is 12.0. The minimum atomic E-state index is 0.0849. The fourth-order valence-corrected chi connectivity index (χ4v) is 2.13. The number of likely N-dealkylation sites (tertiary alicyclic amines) is 1. The Hall–Kier alpha value is -2.12. The highest BCUT2D eigenvalue weighted by Gasteiger charge is 2.15. The second-order valence-electron chi connectivity index (χ2n) is 4.62. The van der Waals surface area contributed by atoms with Gasteiger partial charge in [0.2, 0.25) is 17.8 Å². The van der Waals surface area contributed by atoms with Gasteiger partial charge >= 0.3 is 6.01 Å². The van der Waals surface area contributed by atoms with Crippen molar-refractivity contribution in [3.63, 3.8) is 0 Å². The molecular formula is C12H20N6O2. The normalized spacial score (nSPS) is 14.9. The summed E-state index contributed by atoms with van der Waals surface area (Å²) in [5, 5.41) is 2.96. The molecule has 0 saturated carbocycles. The molecule has 1 aromatic heterocycles. The number of rotatable bonds is 5. The Bertz CT molecular complexity index is 461. The van der Waals surface area contributed by atoms with Crippen molar-refractivity contribution in [2.24, 2.45) is 0 Å². The fraction of sp³-hybridized carbons (Fsp3) is 0.667. The zero-order chi connectivity index (χ0) is 14.4. The number of nitrogens with one attached hydrogen (secondary N) is 1. The second-order valence-corrected chi connectivity index (χ2v) is 4.62. The van der Waals surface area contributed by atoms with E-state index >= 15 is 0 Å². The maximum absolute atomic E-state index is 12.0. The van der Waals surface area contributed by atoms with Gasteiger partial charge < -0.3 is 20.7 Å². The van der Waals surface area contributed by atoms with Crippen LogP contribution in [-0.2, 0) is 4.79 Å². The summed E-state index contributed by atoms with van der Waals surface area (Å²) in [5.41, 5.74) is 5.53. The van der Waals surface area contributed by atoms with Gasteiger partial charge in [-0.2, -0.15) is 15.0 Å². The van der Waals surface area contributed by atoms with Gasteiger partial charge in [-0.25, -0.2) is 0 Å². The average Bonchev–Trinajstić information content (AvgIpc) is 2.47. The van der Waals surface area contributed by atoms with Crippen LogP contribution in [0.1, 0.15) is 25.7 Å². The summed E-state index contributed by atoms with van der Waals surface area (Å²) in [6, 6.07) is 0.155. The molecule has 1 amide bonds. The Kier molecular flexibility index (Phi) is 4.91. The van der Waals surface area contributed by atoms with Gasteiger partial charge in [-0.1, -0.05) is 0 Å². The number of hydrogen-bond acceptors (Lipinski definition) is 7. The number of ether oxygens (including phenoxy) is 1. The SMILES string of the molecule is COc1nc(N)nc(NCCC(=O)N2CCCCC2)n1. The minimum Gasteiger partial charge on any atom is -0.467 e. The minimum absolute atomic E-state index is 0.0849. The summed E-state index contributed by atoms with van der Waals surface area (Å²) < 4.78 is 4.90. The van der Waals surface area contributed by atoms with E-state index in [1.165, 1.54) is 13.5 Å².